The van der Waals surface area contributed by atoms with Gasteiger partial charge in [-0.05, 0) is 60.7 Å². The summed E-state index contributed by atoms with van der Waals surface area (Å²) < 4.78 is 2.66. The van der Waals surface area contributed by atoms with E-state index in [1.165, 1.54) is 11.3 Å². The average molecular weight is 480 g/mol. The summed E-state index contributed by atoms with van der Waals surface area (Å²) in [4.78, 5) is 32.2. The van der Waals surface area contributed by atoms with Gasteiger partial charge in [-0.2, -0.15) is 0 Å². The number of fused-ring (bicyclic) bond motifs is 1. The molecule has 0 saturated heterocycles. The Morgan fingerprint density at radius 1 is 1.10 bits per heavy atom. The van der Waals surface area contributed by atoms with Crippen LogP contribution in [0.2, 0.25) is 10.0 Å². The molecule has 2 aromatic heterocycles. The number of rotatable bonds is 5. The molecule has 146 valence electrons. The van der Waals surface area contributed by atoms with E-state index in [0.717, 1.165) is 17.4 Å². The number of halogens is 2. The molecule has 0 spiro atoms. The van der Waals surface area contributed by atoms with Crippen molar-refractivity contribution in [3.05, 3.63) is 78.4 Å². The molecule has 0 amide bonds. The van der Waals surface area contributed by atoms with Crippen molar-refractivity contribution in [1.29, 1.82) is 0 Å². The number of carbonyl (C=O) groups is 1. The van der Waals surface area contributed by atoms with E-state index in [9.17, 15) is 9.59 Å². The van der Waals surface area contributed by atoms with Crippen molar-refractivity contribution in [3.8, 4) is 5.69 Å². The highest BCUT2D eigenvalue weighted by Crippen LogP contribution is 2.25. The van der Waals surface area contributed by atoms with Crippen molar-refractivity contribution in [2.24, 2.45) is 0 Å². The molecular formula is C19H11Cl2N3O2S3. The first kappa shape index (κ1) is 20.3. The second-order valence-electron chi connectivity index (χ2n) is 5.92. The normalized spacial score (nSPS) is 11.1. The van der Waals surface area contributed by atoms with E-state index in [4.69, 9.17) is 35.4 Å². The van der Waals surface area contributed by atoms with Crippen LogP contribution in [0, 0.1) is 3.95 Å². The second kappa shape index (κ2) is 8.41. The lowest BCUT2D eigenvalue weighted by molar-refractivity contribution is 0.102. The standard InChI is InChI=1S/C19H11Cl2N3O2S3/c20-11-3-1-10(2-4-11)14(25)9-28-18-22-16-15(17(26)23-18)29-19(27)24(16)13-7-5-12(21)6-8-13/h1-8H,9H2,(H,22,23,26). The van der Waals surface area contributed by atoms with E-state index >= 15 is 0 Å². The topological polar surface area (TPSA) is 67.8 Å². The van der Waals surface area contributed by atoms with E-state index in [-0.39, 0.29) is 17.1 Å². The van der Waals surface area contributed by atoms with Crippen molar-refractivity contribution in [2.75, 3.05) is 5.75 Å². The Labute approximate surface area is 188 Å². The third-order valence-corrected chi connectivity index (χ3v) is 6.75. The fraction of sp³-hybridized carbons (Fsp3) is 0.0526. The third-order valence-electron chi connectivity index (χ3n) is 4.01. The molecule has 0 unspecified atom stereocenters. The number of H-pyrrole nitrogens is 1. The molecule has 29 heavy (non-hydrogen) atoms. The Hall–Kier alpha value is -1.97. The molecule has 0 bridgehead atoms. The van der Waals surface area contributed by atoms with Crippen LogP contribution in [0.3, 0.4) is 0 Å². The average Bonchev–Trinajstić information content (AvgIpc) is 3.04. The first-order valence-electron chi connectivity index (χ1n) is 8.26. The minimum Gasteiger partial charge on any atom is -0.300 e. The first-order valence-corrected chi connectivity index (χ1v) is 11.2. The number of ketones is 1. The highest BCUT2D eigenvalue weighted by atomic mass is 35.5. The monoisotopic (exact) mass is 479 g/mol. The molecule has 0 aliphatic rings. The summed E-state index contributed by atoms with van der Waals surface area (Å²) in [5, 5.41) is 1.51. The van der Waals surface area contributed by atoms with Crippen molar-refractivity contribution >= 4 is 74.6 Å². The van der Waals surface area contributed by atoms with Gasteiger partial charge in [0.25, 0.3) is 5.56 Å². The number of hydrogen-bond acceptors (Lipinski definition) is 6. The zero-order chi connectivity index (χ0) is 20.5. The highest BCUT2D eigenvalue weighted by molar-refractivity contribution is 7.99. The molecule has 1 N–H and O–H groups in total. The van der Waals surface area contributed by atoms with E-state index < -0.39 is 0 Å². The van der Waals surface area contributed by atoms with Gasteiger partial charge in [0.2, 0.25) is 0 Å². The fourth-order valence-corrected chi connectivity index (χ4v) is 4.91. The Kier molecular flexibility index (Phi) is 5.89. The number of nitrogens with one attached hydrogen (secondary N) is 1. The number of thiazole rings is 1. The predicted octanol–water partition coefficient (Wildman–Crippen LogP) is 5.79. The molecule has 0 saturated carbocycles. The summed E-state index contributed by atoms with van der Waals surface area (Å²) >= 11 is 19.6. The minimum absolute atomic E-state index is 0.0886. The minimum atomic E-state index is -0.291. The molecular weight excluding hydrogens is 469 g/mol. The van der Waals surface area contributed by atoms with Gasteiger partial charge in [0.15, 0.2) is 20.5 Å². The molecule has 2 aromatic carbocycles. The van der Waals surface area contributed by atoms with Crippen molar-refractivity contribution in [2.45, 2.75) is 5.16 Å². The Morgan fingerprint density at radius 3 is 2.38 bits per heavy atom. The summed E-state index contributed by atoms with van der Waals surface area (Å²) in [7, 11) is 0. The molecule has 4 rings (SSSR count). The van der Waals surface area contributed by atoms with Crippen LogP contribution in [0.15, 0.2) is 58.5 Å². The van der Waals surface area contributed by atoms with Gasteiger partial charge < -0.3 is 4.98 Å². The summed E-state index contributed by atoms with van der Waals surface area (Å²) in [5.41, 5.74) is 1.47. The summed E-state index contributed by atoms with van der Waals surface area (Å²) in [5.74, 6) is 0.0382. The van der Waals surface area contributed by atoms with E-state index in [1.807, 2.05) is 12.1 Å². The molecule has 0 aliphatic heterocycles. The molecule has 4 aromatic rings. The van der Waals surface area contributed by atoms with Gasteiger partial charge >= 0.3 is 0 Å². The summed E-state index contributed by atoms with van der Waals surface area (Å²) in [6.45, 7) is 0. The number of hydrogen-bond donors (Lipinski definition) is 1. The largest absolute Gasteiger partial charge is 0.300 e. The Balaban J connectivity index is 1.67. The lowest BCUT2D eigenvalue weighted by atomic mass is 10.1. The summed E-state index contributed by atoms with van der Waals surface area (Å²) in [6.07, 6.45) is 0. The van der Waals surface area contributed by atoms with E-state index in [1.54, 1.807) is 41.0 Å². The summed E-state index contributed by atoms with van der Waals surface area (Å²) in [6, 6.07) is 13.8. The van der Waals surface area contributed by atoms with E-state index in [2.05, 4.69) is 9.97 Å². The maximum Gasteiger partial charge on any atom is 0.271 e. The van der Waals surface area contributed by atoms with Crippen molar-refractivity contribution in [3.63, 3.8) is 0 Å². The zero-order valence-corrected chi connectivity index (χ0v) is 18.5. The van der Waals surface area contributed by atoms with Crippen LogP contribution >= 0.6 is 58.5 Å². The SMILES string of the molecule is O=C(CSc1nc2c(sc(=S)n2-c2ccc(Cl)cc2)c(=O)[nH]1)c1ccc(Cl)cc1. The van der Waals surface area contributed by atoms with Crippen LogP contribution in [0.1, 0.15) is 10.4 Å². The van der Waals surface area contributed by atoms with Crippen LogP contribution in [-0.4, -0.2) is 26.1 Å². The molecule has 10 heteroatoms. The van der Waals surface area contributed by atoms with Crippen LogP contribution in [-0.2, 0) is 0 Å². The third kappa shape index (κ3) is 4.31. The van der Waals surface area contributed by atoms with Gasteiger partial charge in [0, 0.05) is 21.3 Å². The van der Waals surface area contributed by atoms with Gasteiger partial charge in [-0.1, -0.05) is 46.3 Å². The molecule has 5 nitrogen and oxygen atoms in total. The van der Waals surface area contributed by atoms with Crippen molar-refractivity contribution in [1.82, 2.24) is 14.5 Å². The van der Waals surface area contributed by atoms with Crippen LogP contribution in [0.4, 0.5) is 0 Å². The lowest BCUT2D eigenvalue weighted by Gasteiger charge is -2.06. The number of thioether (sulfide) groups is 1. The molecule has 0 aliphatic carbocycles. The quantitative estimate of drug-likeness (QED) is 0.170. The van der Waals surface area contributed by atoms with Gasteiger partial charge in [0.05, 0.1) is 5.75 Å². The smallest absolute Gasteiger partial charge is 0.271 e. The number of carbonyl (C=O) groups excluding carboxylic acids is 1. The highest BCUT2D eigenvalue weighted by Gasteiger charge is 2.15. The fourth-order valence-electron chi connectivity index (χ4n) is 2.63. The molecule has 0 atom stereocenters. The first-order chi connectivity index (χ1) is 13.9. The molecule has 0 radical (unpaired) electrons. The number of aromatic nitrogens is 3. The molecule has 2 heterocycles. The zero-order valence-electron chi connectivity index (χ0n) is 14.5. The van der Waals surface area contributed by atoms with Gasteiger partial charge in [-0.25, -0.2) is 4.98 Å². The van der Waals surface area contributed by atoms with E-state index in [0.29, 0.717) is 35.1 Å². The Bertz CT molecular complexity index is 1330. The van der Waals surface area contributed by atoms with Crippen molar-refractivity contribution < 1.29 is 4.79 Å². The maximum absolute atomic E-state index is 12.5. The number of aromatic amines is 1. The number of nitrogens with zero attached hydrogens (tertiary/aromatic N) is 2. The predicted molar refractivity (Wildman–Crippen MR) is 122 cm³/mol. The van der Waals surface area contributed by atoms with Crippen LogP contribution < -0.4 is 5.56 Å². The second-order valence-corrected chi connectivity index (χ2v) is 9.40. The Morgan fingerprint density at radius 2 is 1.72 bits per heavy atom. The number of benzene rings is 2. The van der Waals surface area contributed by atoms with Gasteiger partial charge in [-0.3, -0.25) is 14.2 Å². The van der Waals surface area contributed by atoms with Gasteiger partial charge in [-0.15, -0.1) is 0 Å². The van der Waals surface area contributed by atoms with Crippen LogP contribution in [0.5, 0.6) is 0 Å². The van der Waals surface area contributed by atoms with Gasteiger partial charge in [0.1, 0.15) is 4.70 Å². The maximum atomic E-state index is 12.5. The molecule has 0 fully saturated rings. The van der Waals surface area contributed by atoms with Crippen LogP contribution in [0.25, 0.3) is 16.0 Å². The number of Topliss-reactive ketones (excluding diaryl/α,β-unsaturated/α-hetero) is 1. The lowest BCUT2D eigenvalue weighted by Crippen LogP contribution is -2.10.